The summed E-state index contributed by atoms with van der Waals surface area (Å²) in [5, 5.41) is 0. The summed E-state index contributed by atoms with van der Waals surface area (Å²) < 4.78 is 24.0. The van der Waals surface area contributed by atoms with E-state index in [-0.39, 0.29) is 27.6 Å². The van der Waals surface area contributed by atoms with Crippen LogP contribution in [0.5, 0.6) is 0 Å². The number of benzene rings is 1. The molecule has 0 unspecified atom stereocenters. The van der Waals surface area contributed by atoms with E-state index in [0.717, 1.165) is 0 Å². The predicted octanol–water partition coefficient (Wildman–Crippen LogP) is 1.68. The summed E-state index contributed by atoms with van der Waals surface area (Å²) in [6, 6.07) is 7.93. The van der Waals surface area contributed by atoms with E-state index in [1.165, 1.54) is 12.1 Å². The third kappa shape index (κ3) is 2.33. The fraction of sp³-hybridized carbons (Fsp3) is 0.500. The molecule has 1 aromatic rings. The number of nitrogens with one attached hydrogen (secondary N) is 2. The van der Waals surface area contributed by atoms with Crippen LogP contribution < -0.4 is 10.3 Å². The molecule has 1 fully saturated rings. The first-order chi connectivity index (χ1) is 9.11. The zero-order valence-electron chi connectivity index (χ0n) is 12.1. The Bertz CT molecular complexity index is 607. The molecule has 0 aromatic heterocycles. The molecular weight excluding hydrogens is 276 g/mol. The lowest BCUT2D eigenvalue weighted by atomic mass is 10.0. The van der Waals surface area contributed by atoms with E-state index < -0.39 is 10.0 Å². The van der Waals surface area contributed by atoms with Crippen LogP contribution in [-0.2, 0) is 14.8 Å². The first-order valence-corrected chi connectivity index (χ1v) is 7.96. The molecule has 2 N–H and O–H groups in total. The minimum atomic E-state index is -3.72. The van der Waals surface area contributed by atoms with Crippen LogP contribution in [0.15, 0.2) is 35.2 Å². The summed E-state index contributed by atoms with van der Waals surface area (Å²) in [7, 11) is -3.72. The second-order valence-corrected chi connectivity index (χ2v) is 7.97. The van der Waals surface area contributed by atoms with Gasteiger partial charge in [-0.2, -0.15) is 0 Å². The van der Waals surface area contributed by atoms with Gasteiger partial charge in [0.1, 0.15) is 0 Å². The van der Waals surface area contributed by atoms with Crippen molar-refractivity contribution in [2.75, 3.05) is 0 Å². The Balaban J connectivity index is 2.02. The predicted molar refractivity (Wildman–Crippen MR) is 76.0 cm³/mol. The molecule has 1 amide bonds. The first kappa shape index (κ1) is 15.0. The smallest absolute Gasteiger partial charge is 0.257 e. The molecule has 110 valence electrons. The molecule has 0 aliphatic heterocycles. The van der Waals surface area contributed by atoms with Crippen LogP contribution in [0.2, 0.25) is 0 Å². The van der Waals surface area contributed by atoms with Gasteiger partial charge in [-0.3, -0.25) is 10.2 Å². The summed E-state index contributed by atoms with van der Waals surface area (Å²) in [6.07, 6.45) is 0. The summed E-state index contributed by atoms with van der Waals surface area (Å²) in [4.78, 5) is 14.3. The van der Waals surface area contributed by atoms with Crippen molar-refractivity contribution in [2.45, 2.75) is 32.6 Å². The van der Waals surface area contributed by atoms with Gasteiger partial charge in [0.15, 0.2) is 0 Å². The molecule has 1 aliphatic carbocycles. The summed E-state index contributed by atoms with van der Waals surface area (Å²) >= 11 is 0. The largest absolute Gasteiger partial charge is 0.277 e. The van der Waals surface area contributed by atoms with E-state index >= 15 is 0 Å². The lowest BCUT2D eigenvalue weighted by Gasteiger charge is -2.09. The van der Waals surface area contributed by atoms with Gasteiger partial charge >= 0.3 is 0 Å². The molecule has 0 bridgehead atoms. The van der Waals surface area contributed by atoms with Crippen LogP contribution in [0, 0.1) is 16.7 Å². The van der Waals surface area contributed by atoms with Crippen molar-refractivity contribution >= 4 is 15.9 Å². The van der Waals surface area contributed by atoms with Crippen molar-refractivity contribution in [1.82, 2.24) is 10.3 Å². The van der Waals surface area contributed by atoms with Gasteiger partial charge in [-0.05, 0) is 23.0 Å². The SMILES string of the molecule is CC1(C)C(C(=O)NNS(=O)(=O)c2ccccc2)C1(C)C. The number of rotatable bonds is 4. The van der Waals surface area contributed by atoms with Gasteiger partial charge in [-0.1, -0.05) is 45.9 Å². The number of sulfonamides is 1. The highest BCUT2D eigenvalue weighted by atomic mass is 32.2. The monoisotopic (exact) mass is 296 g/mol. The van der Waals surface area contributed by atoms with Gasteiger partial charge in [0.25, 0.3) is 10.0 Å². The number of carbonyl (C=O) groups excluding carboxylic acids is 1. The zero-order chi connectivity index (χ0) is 15.2. The fourth-order valence-electron chi connectivity index (χ4n) is 2.70. The van der Waals surface area contributed by atoms with Crippen molar-refractivity contribution in [3.63, 3.8) is 0 Å². The topological polar surface area (TPSA) is 75.3 Å². The van der Waals surface area contributed by atoms with E-state index in [1.54, 1.807) is 18.2 Å². The highest BCUT2D eigenvalue weighted by Crippen LogP contribution is 2.68. The molecule has 0 radical (unpaired) electrons. The molecule has 1 aromatic carbocycles. The number of hydrazine groups is 1. The first-order valence-electron chi connectivity index (χ1n) is 6.47. The molecule has 0 atom stereocenters. The lowest BCUT2D eigenvalue weighted by molar-refractivity contribution is -0.123. The van der Waals surface area contributed by atoms with E-state index in [0.29, 0.717) is 0 Å². The van der Waals surface area contributed by atoms with E-state index in [4.69, 9.17) is 0 Å². The highest BCUT2D eigenvalue weighted by Gasteiger charge is 2.68. The van der Waals surface area contributed by atoms with Gasteiger partial charge in [0.05, 0.1) is 10.8 Å². The number of carbonyl (C=O) groups is 1. The maximum Gasteiger partial charge on any atom is 0.257 e. The van der Waals surface area contributed by atoms with Crippen molar-refractivity contribution in [2.24, 2.45) is 16.7 Å². The molecule has 0 spiro atoms. The minimum absolute atomic E-state index is 0.120. The maximum atomic E-state index is 12.1. The van der Waals surface area contributed by atoms with Crippen LogP contribution in [0.4, 0.5) is 0 Å². The third-order valence-corrected chi connectivity index (χ3v) is 5.91. The molecule has 1 saturated carbocycles. The van der Waals surface area contributed by atoms with Crippen LogP contribution in [0.1, 0.15) is 27.7 Å². The van der Waals surface area contributed by atoms with Gasteiger partial charge in [-0.15, -0.1) is 4.83 Å². The standard InChI is InChI=1S/C14H20N2O3S/c1-13(2)11(14(13,3)4)12(17)15-16-20(18,19)10-8-6-5-7-9-10/h5-9,11,16H,1-4H3,(H,15,17). The van der Waals surface area contributed by atoms with Crippen molar-refractivity contribution < 1.29 is 13.2 Å². The molecule has 2 rings (SSSR count). The second kappa shape index (κ2) is 4.56. The van der Waals surface area contributed by atoms with Gasteiger partial charge < -0.3 is 0 Å². The number of hydrogen-bond donors (Lipinski definition) is 2. The normalized spacial score (nSPS) is 20.4. The van der Waals surface area contributed by atoms with Gasteiger partial charge in [0.2, 0.25) is 5.91 Å². The average Bonchev–Trinajstić information content (AvgIpc) is 2.78. The maximum absolute atomic E-state index is 12.1. The van der Waals surface area contributed by atoms with Crippen LogP contribution >= 0.6 is 0 Å². The summed E-state index contributed by atoms with van der Waals surface area (Å²) in [6.45, 7) is 8.01. The molecule has 0 saturated heterocycles. The zero-order valence-corrected chi connectivity index (χ0v) is 12.9. The van der Waals surface area contributed by atoms with Crippen LogP contribution in [0.3, 0.4) is 0 Å². The van der Waals surface area contributed by atoms with Crippen molar-refractivity contribution in [3.05, 3.63) is 30.3 Å². The van der Waals surface area contributed by atoms with Crippen molar-refractivity contribution in [3.8, 4) is 0 Å². The Labute approximate surface area is 119 Å². The van der Waals surface area contributed by atoms with Gasteiger partial charge in [0, 0.05) is 0 Å². The Morgan fingerprint density at radius 3 is 2.00 bits per heavy atom. The molecule has 5 nitrogen and oxygen atoms in total. The highest BCUT2D eigenvalue weighted by molar-refractivity contribution is 7.89. The van der Waals surface area contributed by atoms with E-state index in [1.807, 2.05) is 27.7 Å². The lowest BCUT2D eigenvalue weighted by Crippen LogP contribution is -2.43. The van der Waals surface area contributed by atoms with E-state index in [9.17, 15) is 13.2 Å². The van der Waals surface area contributed by atoms with Crippen molar-refractivity contribution in [1.29, 1.82) is 0 Å². The Morgan fingerprint density at radius 2 is 1.55 bits per heavy atom. The number of hydrogen-bond acceptors (Lipinski definition) is 3. The molecule has 1 aliphatic rings. The molecule has 0 heterocycles. The fourth-order valence-corrected chi connectivity index (χ4v) is 3.57. The quantitative estimate of drug-likeness (QED) is 0.830. The minimum Gasteiger partial charge on any atom is -0.277 e. The summed E-state index contributed by atoms with van der Waals surface area (Å²) in [5.41, 5.74) is 2.06. The molecule has 20 heavy (non-hydrogen) atoms. The van der Waals surface area contributed by atoms with Crippen LogP contribution in [0.25, 0.3) is 0 Å². The Morgan fingerprint density at radius 1 is 1.05 bits per heavy atom. The Kier molecular flexibility index (Phi) is 3.42. The number of amides is 1. The summed E-state index contributed by atoms with van der Waals surface area (Å²) in [5.74, 6) is -0.493. The van der Waals surface area contributed by atoms with Crippen LogP contribution in [-0.4, -0.2) is 14.3 Å². The second-order valence-electron chi connectivity index (χ2n) is 6.28. The third-order valence-electron chi connectivity index (χ3n) is 4.65. The molecular formula is C14H20N2O3S. The van der Waals surface area contributed by atoms with E-state index in [2.05, 4.69) is 10.3 Å². The van der Waals surface area contributed by atoms with Gasteiger partial charge in [-0.25, -0.2) is 8.42 Å². The average molecular weight is 296 g/mol. The molecule has 6 heteroatoms. The Hall–Kier alpha value is -1.40.